The third-order valence-electron chi connectivity index (χ3n) is 5.27. The van der Waals surface area contributed by atoms with Crippen molar-refractivity contribution in [3.63, 3.8) is 0 Å². The quantitative estimate of drug-likeness (QED) is 0.766. The standard InChI is InChI=1S/C19H25FN2O4/c20-14-5-1-12(2-6-14)17-11-16(9-10-26-17)22-19(25)21-15-7-3-13(4-8-15)18(23)24/h1-2,5-6,13,15-17H,3-4,7-11H2,(H,23,24)(H2,21,22,25). The second-order valence-electron chi connectivity index (χ2n) is 7.14. The molecule has 6 nitrogen and oxygen atoms in total. The zero-order valence-electron chi connectivity index (χ0n) is 14.6. The maximum atomic E-state index is 13.1. The van der Waals surface area contributed by atoms with E-state index in [4.69, 9.17) is 9.84 Å². The van der Waals surface area contributed by atoms with Gasteiger partial charge >= 0.3 is 12.0 Å². The molecule has 1 aliphatic heterocycles. The molecule has 0 aromatic heterocycles. The van der Waals surface area contributed by atoms with Gasteiger partial charge in [0.05, 0.1) is 12.0 Å². The minimum atomic E-state index is -0.748. The van der Waals surface area contributed by atoms with Gasteiger partial charge in [-0.2, -0.15) is 0 Å². The summed E-state index contributed by atoms with van der Waals surface area (Å²) in [5.41, 5.74) is 0.908. The number of rotatable bonds is 4. The lowest BCUT2D eigenvalue weighted by molar-refractivity contribution is -0.142. The van der Waals surface area contributed by atoms with Crippen LogP contribution in [0.25, 0.3) is 0 Å². The second kappa shape index (κ2) is 8.49. The van der Waals surface area contributed by atoms with Crippen molar-refractivity contribution < 1.29 is 23.8 Å². The smallest absolute Gasteiger partial charge is 0.315 e. The van der Waals surface area contributed by atoms with Crippen LogP contribution in [0.4, 0.5) is 9.18 Å². The number of hydrogen-bond donors (Lipinski definition) is 3. The molecule has 0 radical (unpaired) electrons. The first-order chi connectivity index (χ1) is 12.5. The number of halogens is 1. The molecule has 142 valence electrons. The minimum absolute atomic E-state index is 0.00541. The molecule has 3 rings (SSSR count). The van der Waals surface area contributed by atoms with Crippen LogP contribution in [0, 0.1) is 11.7 Å². The van der Waals surface area contributed by atoms with Crippen molar-refractivity contribution in [2.24, 2.45) is 5.92 Å². The van der Waals surface area contributed by atoms with Crippen LogP contribution in [-0.4, -0.2) is 35.8 Å². The van der Waals surface area contributed by atoms with Gasteiger partial charge in [-0.1, -0.05) is 12.1 Å². The number of aliphatic carboxylic acids is 1. The van der Waals surface area contributed by atoms with Gasteiger partial charge in [-0.3, -0.25) is 4.79 Å². The van der Waals surface area contributed by atoms with E-state index in [1.807, 2.05) is 0 Å². The largest absolute Gasteiger partial charge is 0.481 e. The number of amides is 2. The van der Waals surface area contributed by atoms with Gasteiger partial charge in [0.1, 0.15) is 5.82 Å². The van der Waals surface area contributed by atoms with Crippen LogP contribution in [0.15, 0.2) is 24.3 Å². The van der Waals surface area contributed by atoms with Gasteiger partial charge < -0.3 is 20.5 Å². The molecule has 1 aromatic carbocycles. The number of carbonyl (C=O) groups excluding carboxylic acids is 1. The van der Waals surface area contributed by atoms with Crippen LogP contribution in [0.3, 0.4) is 0 Å². The van der Waals surface area contributed by atoms with Crippen LogP contribution in [0.5, 0.6) is 0 Å². The summed E-state index contributed by atoms with van der Waals surface area (Å²) in [5, 5.41) is 15.0. The Bertz CT molecular complexity index is 629. The Balaban J connectivity index is 1.45. The van der Waals surface area contributed by atoms with E-state index in [1.54, 1.807) is 12.1 Å². The van der Waals surface area contributed by atoms with E-state index in [9.17, 15) is 14.0 Å². The molecule has 2 fully saturated rings. The minimum Gasteiger partial charge on any atom is -0.481 e. The van der Waals surface area contributed by atoms with E-state index in [0.717, 1.165) is 12.0 Å². The number of nitrogens with one attached hydrogen (secondary N) is 2. The van der Waals surface area contributed by atoms with Crippen molar-refractivity contribution in [1.29, 1.82) is 0 Å². The van der Waals surface area contributed by atoms with Gasteiger partial charge in [-0.15, -0.1) is 0 Å². The lowest BCUT2D eigenvalue weighted by Gasteiger charge is -2.32. The number of hydrogen-bond acceptors (Lipinski definition) is 3. The number of carboxylic acid groups (broad SMARTS) is 1. The molecule has 0 spiro atoms. The van der Waals surface area contributed by atoms with Crippen molar-refractivity contribution >= 4 is 12.0 Å². The van der Waals surface area contributed by atoms with Gasteiger partial charge in [-0.25, -0.2) is 9.18 Å². The van der Waals surface area contributed by atoms with Crippen molar-refractivity contribution in [2.75, 3.05) is 6.61 Å². The van der Waals surface area contributed by atoms with Crippen LogP contribution < -0.4 is 10.6 Å². The normalized spacial score (nSPS) is 29.0. The average Bonchev–Trinajstić information content (AvgIpc) is 2.63. The van der Waals surface area contributed by atoms with E-state index >= 15 is 0 Å². The summed E-state index contributed by atoms with van der Waals surface area (Å²) in [6.07, 6.45) is 3.81. The van der Waals surface area contributed by atoms with Gasteiger partial charge in [0.2, 0.25) is 0 Å². The van der Waals surface area contributed by atoms with E-state index in [0.29, 0.717) is 38.7 Å². The molecule has 0 bridgehead atoms. The number of urea groups is 1. The van der Waals surface area contributed by atoms with E-state index in [1.165, 1.54) is 12.1 Å². The van der Waals surface area contributed by atoms with Crippen LogP contribution >= 0.6 is 0 Å². The number of benzene rings is 1. The molecule has 2 aliphatic rings. The lowest BCUT2D eigenvalue weighted by Crippen LogP contribution is -2.49. The SMILES string of the molecule is O=C(NC1CCC(C(=O)O)CC1)NC1CCOC(c2ccc(F)cc2)C1. The predicted octanol–water partition coefficient (Wildman–Crippen LogP) is 2.99. The average molecular weight is 364 g/mol. The molecule has 1 saturated heterocycles. The maximum absolute atomic E-state index is 13.1. The predicted molar refractivity (Wildman–Crippen MR) is 93.2 cm³/mol. The first-order valence-electron chi connectivity index (χ1n) is 9.18. The van der Waals surface area contributed by atoms with E-state index in [-0.39, 0.29) is 36.0 Å². The Morgan fingerprint density at radius 1 is 1.00 bits per heavy atom. The molecule has 2 atom stereocenters. The summed E-state index contributed by atoms with van der Waals surface area (Å²) in [6.45, 7) is 0.538. The number of carboxylic acids is 1. The van der Waals surface area contributed by atoms with Crippen LogP contribution in [-0.2, 0) is 9.53 Å². The van der Waals surface area contributed by atoms with Crippen molar-refractivity contribution in [2.45, 2.75) is 56.7 Å². The summed E-state index contributed by atoms with van der Waals surface area (Å²) >= 11 is 0. The second-order valence-corrected chi connectivity index (χ2v) is 7.14. The fourth-order valence-electron chi connectivity index (χ4n) is 3.73. The highest BCUT2D eigenvalue weighted by molar-refractivity contribution is 5.74. The Morgan fingerprint density at radius 2 is 1.65 bits per heavy atom. The summed E-state index contributed by atoms with van der Waals surface area (Å²) in [4.78, 5) is 23.2. The maximum Gasteiger partial charge on any atom is 0.315 e. The van der Waals surface area contributed by atoms with Crippen LogP contribution in [0.2, 0.25) is 0 Å². The Kier molecular flexibility index (Phi) is 6.08. The number of carbonyl (C=O) groups is 2. The third kappa shape index (κ3) is 4.94. The highest BCUT2D eigenvalue weighted by atomic mass is 19.1. The molecular formula is C19H25FN2O4. The Labute approximate surface area is 152 Å². The molecule has 2 unspecified atom stereocenters. The Hall–Kier alpha value is -2.15. The highest BCUT2D eigenvalue weighted by Gasteiger charge is 2.28. The summed E-state index contributed by atoms with van der Waals surface area (Å²) in [5.74, 6) is -1.32. The van der Waals surface area contributed by atoms with Gasteiger partial charge in [0.25, 0.3) is 0 Å². The molecule has 1 heterocycles. The van der Waals surface area contributed by atoms with Crippen molar-refractivity contribution in [3.05, 3.63) is 35.6 Å². The summed E-state index contributed by atoms with van der Waals surface area (Å²) < 4.78 is 18.8. The first kappa shape index (κ1) is 18.6. The zero-order valence-corrected chi connectivity index (χ0v) is 14.6. The monoisotopic (exact) mass is 364 g/mol. The lowest BCUT2D eigenvalue weighted by atomic mass is 9.86. The fourth-order valence-corrected chi connectivity index (χ4v) is 3.73. The van der Waals surface area contributed by atoms with E-state index < -0.39 is 5.97 Å². The topological polar surface area (TPSA) is 87.7 Å². The molecule has 3 N–H and O–H groups in total. The molecule has 1 aliphatic carbocycles. The van der Waals surface area contributed by atoms with Crippen LogP contribution in [0.1, 0.15) is 50.2 Å². The molecule has 1 aromatic rings. The fraction of sp³-hybridized carbons (Fsp3) is 0.579. The molecule has 2 amide bonds. The third-order valence-corrected chi connectivity index (χ3v) is 5.27. The van der Waals surface area contributed by atoms with Gasteiger partial charge in [-0.05, 0) is 56.2 Å². The Morgan fingerprint density at radius 3 is 2.31 bits per heavy atom. The highest BCUT2D eigenvalue weighted by Crippen LogP contribution is 2.28. The zero-order chi connectivity index (χ0) is 18.5. The molecular weight excluding hydrogens is 339 g/mol. The molecule has 1 saturated carbocycles. The summed E-state index contributed by atoms with van der Waals surface area (Å²) in [7, 11) is 0. The molecule has 7 heteroatoms. The first-order valence-corrected chi connectivity index (χ1v) is 9.18. The molecule has 26 heavy (non-hydrogen) atoms. The van der Waals surface area contributed by atoms with Gasteiger partial charge in [0, 0.05) is 18.7 Å². The van der Waals surface area contributed by atoms with Crippen molar-refractivity contribution in [1.82, 2.24) is 10.6 Å². The van der Waals surface area contributed by atoms with Gasteiger partial charge in [0.15, 0.2) is 0 Å². The number of ether oxygens (including phenoxy) is 1. The summed E-state index contributed by atoms with van der Waals surface area (Å²) in [6, 6.07) is 6.06. The van der Waals surface area contributed by atoms with E-state index in [2.05, 4.69) is 10.6 Å². The van der Waals surface area contributed by atoms with Crippen molar-refractivity contribution in [3.8, 4) is 0 Å².